The molecule has 0 spiro atoms. The summed E-state index contributed by atoms with van der Waals surface area (Å²) in [5.74, 6) is -4.14. The van der Waals surface area contributed by atoms with E-state index in [1.807, 2.05) is 12.1 Å². The highest BCUT2D eigenvalue weighted by Gasteiger charge is 2.34. The maximum absolute atomic E-state index is 14.3. The van der Waals surface area contributed by atoms with Gasteiger partial charge in [0, 0.05) is 34.7 Å². The minimum absolute atomic E-state index is 0.164. The molecule has 0 fully saturated rings. The van der Waals surface area contributed by atoms with Crippen LogP contribution in [0.25, 0.3) is 65.6 Å². The Balaban J connectivity index is 1.71. The fourth-order valence-electron chi connectivity index (χ4n) is 6.74. The lowest BCUT2D eigenvalue weighted by molar-refractivity contribution is 0.512. The van der Waals surface area contributed by atoms with Crippen molar-refractivity contribution in [2.75, 3.05) is 0 Å². The molecule has 0 bridgehead atoms. The summed E-state index contributed by atoms with van der Waals surface area (Å²) in [6.07, 6.45) is 0.329. The van der Waals surface area contributed by atoms with E-state index >= 15 is 0 Å². The molecule has 2 heterocycles. The van der Waals surface area contributed by atoms with E-state index in [-0.39, 0.29) is 45.8 Å². The highest BCUT2D eigenvalue weighted by Crippen LogP contribution is 2.46. The normalized spacial score (nSPS) is 13.2. The van der Waals surface area contributed by atoms with Crippen molar-refractivity contribution in [3.05, 3.63) is 140 Å². The molecule has 0 saturated carbocycles. The second-order valence-electron chi connectivity index (χ2n) is 10.6. The highest BCUT2D eigenvalue weighted by atomic mass is 19.1. The van der Waals surface area contributed by atoms with Gasteiger partial charge in [0.05, 0.1) is 25.3 Å². The molecule has 0 atom stereocenters. The van der Waals surface area contributed by atoms with E-state index in [0.717, 1.165) is 24.3 Å². The Bertz CT molecular complexity index is 2280. The molecule has 0 aliphatic heterocycles. The largest absolute Gasteiger partial charge is 0.269 e. The Labute approximate surface area is 258 Å². The zero-order valence-corrected chi connectivity index (χ0v) is 23.4. The van der Waals surface area contributed by atoms with Crippen LogP contribution in [0.5, 0.6) is 0 Å². The molecule has 46 heavy (non-hydrogen) atoms. The number of halogens is 4. The molecule has 6 nitrogen and oxygen atoms in total. The minimum atomic E-state index is -1.04. The van der Waals surface area contributed by atoms with Crippen molar-refractivity contribution in [3.63, 3.8) is 0 Å². The molecule has 7 rings (SSSR count). The van der Waals surface area contributed by atoms with Crippen molar-refractivity contribution in [2.24, 2.45) is 0 Å². The van der Waals surface area contributed by atoms with Gasteiger partial charge in [0.25, 0.3) is 11.4 Å². The van der Waals surface area contributed by atoms with Crippen LogP contribution in [0, 0.1) is 59.6 Å². The molecule has 216 valence electrons. The third-order valence-corrected chi connectivity index (χ3v) is 8.30. The molecule has 0 amide bonds. The molecule has 2 aromatic heterocycles. The summed E-state index contributed by atoms with van der Waals surface area (Å²) in [6.45, 7) is 15.9. The average Bonchev–Trinajstić information content (AvgIpc) is 3.61. The van der Waals surface area contributed by atoms with E-state index in [4.69, 9.17) is 13.1 Å². The monoisotopic (exact) mass is 606 g/mol. The second-order valence-corrected chi connectivity index (χ2v) is 10.6. The van der Waals surface area contributed by atoms with Crippen LogP contribution in [0.15, 0.2) is 60.7 Å². The van der Waals surface area contributed by atoms with Crippen molar-refractivity contribution >= 4 is 11.4 Å². The first kappa shape index (κ1) is 28.2. The first-order valence-electron chi connectivity index (χ1n) is 13.7. The van der Waals surface area contributed by atoms with Crippen molar-refractivity contribution in [3.8, 4) is 56.6 Å². The number of hydrogen-bond donors (Lipinski definition) is 0. The molecule has 0 N–H and O–H groups in total. The zero-order chi connectivity index (χ0) is 32.3. The number of benzene rings is 3. The maximum Gasteiger partial charge on any atom is 0.269 e. The van der Waals surface area contributed by atoms with Gasteiger partial charge >= 0.3 is 0 Å². The number of nitrogens with zero attached hydrogens (tertiary/aromatic N) is 6. The summed E-state index contributed by atoms with van der Waals surface area (Å²) in [5.41, 5.74) is 4.82. The summed E-state index contributed by atoms with van der Waals surface area (Å²) in [4.78, 5) is 13.5. The molecular weight excluding hydrogens is 592 g/mol. The first-order chi connectivity index (χ1) is 22.3. The van der Waals surface area contributed by atoms with Gasteiger partial charge in [0.2, 0.25) is 23.8 Å². The molecule has 5 aromatic rings. The second kappa shape index (κ2) is 10.5. The van der Waals surface area contributed by atoms with Gasteiger partial charge in [-0.05, 0) is 79.6 Å². The topological polar surface area (TPSA) is 82.1 Å². The molecule has 2 aliphatic carbocycles. The highest BCUT2D eigenvalue weighted by molar-refractivity contribution is 5.99. The Hall–Kier alpha value is -6.62. The van der Waals surface area contributed by atoms with Crippen LogP contribution in [0.2, 0.25) is 0 Å². The van der Waals surface area contributed by atoms with Crippen LogP contribution in [0.4, 0.5) is 17.6 Å². The van der Waals surface area contributed by atoms with Crippen molar-refractivity contribution in [2.45, 2.75) is 12.8 Å². The van der Waals surface area contributed by atoms with Gasteiger partial charge in [-0.15, -0.1) is 0 Å². The van der Waals surface area contributed by atoms with Gasteiger partial charge in [0.15, 0.2) is 0 Å². The fourth-order valence-corrected chi connectivity index (χ4v) is 6.74. The average molecular weight is 607 g/mol. The van der Waals surface area contributed by atoms with Gasteiger partial charge in [0.1, 0.15) is 0 Å². The number of rotatable bonds is 2. The first-order valence-corrected chi connectivity index (χ1v) is 13.7. The van der Waals surface area contributed by atoms with Crippen molar-refractivity contribution in [1.29, 1.82) is 10.5 Å². The Morgan fingerprint density at radius 3 is 1.30 bits per heavy atom. The molecular formula is C36H14F4N6. The van der Waals surface area contributed by atoms with E-state index in [0.29, 0.717) is 55.6 Å². The quantitative estimate of drug-likeness (QED) is 0.126. The Kier molecular flexibility index (Phi) is 6.45. The van der Waals surface area contributed by atoms with Crippen LogP contribution in [-0.2, 0) is 12.8 Å². The van der Waals surface area contributed by atoms with Crippen LogP contribution in [0.1, 0.15) is 22.3 Å². The molecule has 2 aliphatic rings. The smallest absolute Gasteiger partial charge is 0.226 e. The molecule has 0 saturated heterocycles. The fraction of sp³-hybridized carbons (Fsp3) is 0.0556. The van der Waals surface area contributed by atoms with E-state index in [9.17, 15) is 28.1 Å². The van der Waals surface area contributed by atoms with E-state index < -0.39 is 23.8 Å². The number of aromatic nitrogens is 2. The lowest BCUT2D eigenvalue weighted by Crippen LogP contribution is -2.26. The number of nitriles is 2. The van der Waals surface area contributed by atoms with Crippen LogP contribution < -0.4 is 10.4 Å². The van der Waals surface area contributed by atoms with Gasteiger partial charge in [-0.3, -0.25) is 0 Å². The summed E-state index contributed by atoms with van der Waals surface area (Å²) in [6, 6.07) is 18.6. The Morgan fingerprint density at radius 1 is 0.609 bits per heavy atom. The number of hydrogen-bond acceptors (Lipinski definition) is 4. The predicted octanol–water partition coefficient (Wildman–Crippen LogP) is 6.61. The van der Waals surface area contributed by atoms with E-state index in [1.165, 1.54) is 0 Å². The summed E-state index contributed by atoms with van der Waals surface area (Å²) in [7, 11) is 0. The molecule has 3 aromatic carbocycles. The predicted molar refractivity (Wildman–Crippen MR) is 160 cm³/mol. The summed E-state index contributed by atoms with van der Waals surface area (Å²) >= 11 is 0. The van der Waals surface area contributed by atoms with Gasteiger partial charge in [-0.1, -0.05) is 36.4 Å². The summed E-state index contributed by atoms with van der Waals surface area (Å²) in [5, 5.41) is 21.0. The van der Waals surface area contributed by atoms with Crippen LogP contribution in [-0.4, -0.2) is 9.97 Å². The maximum atomic E-state index is 14.3. The molecule has 0 radical (unpaired) electrons. The van der Waals surface area contributed by atoms with E-state index in [1.54, 1.807) is 36.4 Å². The zero-order valence-electron chi connectivity index (χ0n) is 23.4. The van der Waals surface area contributed by atoms with Crippen LogP contribution >= 0.6 is 0 Å². The molecule has 0 unspecified atom stereocenters. The number of pyridine rings is 2. The van der Waals surface area contributed by atoms with Crippen molar-refractivity contribution < 1.29 is 17.6 Å². The van der Waals surface area contributed by atoms with Crippen LogP contribution in [0.3, 0.4) is 0 Å². The summed E-state index contributed by atoms with van der Waals surface area (Å²) < 4.78 is 57.3. The van der Waals surface area contributed by atoms with Gasteiger partial charge < -0.3 is 0 Å². The standard InChI is InChI=1S/C36H14F4N6/c1-43-25(15-41)33-23-9-17-5-3-8-22(20-13-29(39)46-30(40)14-20)32(17)36(23)34(26(16-42)44-2)24-10-18-6-4-7-21(31(18)35(24)33)19-11-27(37)45-28(38)12-19/h3-8,11-14H,9-10H2/b33-25-,34-26+. The number of fused-ring (bicyclic) bond motifs is 6. The third kappa shape index (κ3) is 4.14. The lowest BCUT2D eigenvalue weighted by atomic mass is 9.87. The molecule has 10 heteroatoms. The minimum Gasteiger partial charge on any atom is -0.226 e. The SMILES string of the molecule is [C-]#[N+]/C(C#N)=c1/c2c(/c(=C(\C#N)[N+]#[C-])c3c1-c1c(cccc1-c1cc(F)nc(F)c1)C3)-c1c(cccc1-c1cc(F)nc(F)c1)C2. The van der Waals surface area contributed by atoms with Gasteiger partial charge in [-0.2, -0.15) is 27.5 Å². The Morgan fingerprint density at radius 2 is 0.978 bits per heavy atom. The van der Waals surface area contributed by atoms with Gasteiger partial charge in [-0.25, -0.2) is 20.2 Å². The van der Waals surface area contributed by atoms with Crippen molar-refractivity contribution in [1.82, 2.24) is 9.97 Å². The lowest BCUT2D eigenvalue weighted by Gasteiger charge is -2.17. The van der Waals surface area contributed by atoms with E-state index in [2.05, 4.69) is 19.7 Å². The third-order valence-electron chi connectivity index (χ3n) is 8.30.